The number of hydrogen-bond acceptors (Lipinski definition) is 4. The van der Waals surface area contributed by atoms with Gasteiger partial charge in [0.15, 0.2) is 0 Å². The van der Waals surface area contributed by atoms with Crippen LogP contribution < -0.4 is 0 Å². The zero-order valence-corrected chi connectivity index (χ0v) is 25.8. The summed E-state index contributed by atoms with van der Waals surface area (Å²) in [5.74, 6) is 2.91. The molecule has 1 aliphatic heterocycles. The highest BCUT2D eigenvalue weighted by molar-refractivity contribution is 6.83. The monoisotopic (exact) mass is 529 g/mol. The van der Waals surface area contributed by atoms with Crippen LogP contribution in [-0.2, 0) is 9.16 Å². The summed E-state index contributed by atoms with van der Waals surface area (Å²) in [6, 6.07) is 8.33. The van der Waals surface area contributed by atoms with Gasteiger partial charge in [-0.1, -0.05) is 78.7 Å². The molecule has 0 aliphatic carbocycles. The second-order valence-electron chi connectivity index (χ2n) is 12.5. The van der Waals surface area contributed by atoms with E-state index in [1.54, 1.807) is 0 Å². The van der Waals surface area contributed by atoms with Crippen molar-refractivity contribution < 1.29 is 19.4 Å². The second kappa shape index (κ2) is 11.1. The maximum absolute atomic E-state index is 12.0. The molecule has 0 unspecified atom stereocenters. The molecule has 0 bridgehead atoms. The maximum atomic E-state index is 12.0. The smallest absolute Gasteiger partial charge is 0.201 e. The van der Waals surface area contributed by atoms with Crippen molar-refractivity contribution in [2.24, 2.45) is 0 Å². The third-order valence-corrected chi connectivity index (χ3v) is 14.7. The van der Waals surface area contributed by atoms with Crippen LogP contribution in [0.5, 0.6) is 0 Å². The minimum atomic E-state index is -2.34. The average Bonchev–Trinajstić information content (AvgIpc) is 3.17. The third-order valence-electron chi connectivity index (χ3n) is 7.70. The number of hydrogen-bond donors (Lipinski definition) is 3. The Morgan fingerprint density at radius 1 is 1.03 bits per heavy atom. The number of benzene rings is 1. The van der Waals surface area contributed by atoms with E-state index in [0.29, 0.717) is 16.6 Å². The highest BCUT2D eigenvalue weighted by Crippen LogP contribution is 2.46. The predicted molar refractivity (Wildman–Crippen MR) is 155 cm³/mol. The number of rotatable bonds is 7. The van der Waals surface area contributed by atoms with E-state index in [4.69, 9.17) is 9.16 Å². The molecule has 36 heavy (non-hydrogen) atoms. The molecule has 1 aliphatic rings. The van der Waals surface area contributed by atoms with Gasteiger partial charge in [0.25, 0.3) is 0 Å². The van der Waals surface area contributed by atoms with Gasteiger partial charge in [-0.15, -0.1) is 5.54 Å². The van der Waals surface area contributed by atoms with Gasteiger partial charge in [-0.2, -0.15) is 0 Å². The van der Waals surface area contributed by atoms with Crippen LogP contribution in [0, 0.1) is 18.4 Å². The first-order valence-corrected chi connectivity index (χ1v) is 19.1. The lowest BCUT2D eigenvalue weighted by atomic mass is 9.84. The van der Waals surface area contributed by atoms with Crippen LogP contribution in [0.1, 0.15) is 58.7 Å². The zero-order valence-electron chi connectivity index (χ0n) is 23.8. The summed E-state index contributed by atoms with van der Waals surface area (Å²) < 4.78 is 13.7. The van der Waals surface area contributed by atoms with Crippen molar-refractivity contribution >= 4 is 27.3 Å². The summed E-state index contributed by atoms with van der Waals surface area (Å²) in [5.41, 5.74) is 7.57. The second-order valence-corrected chi connectivity index (χ2v) is 22.7. The lowest BCUT2D eigenvalue weighted by molar-refractivity contribution is -0.166. The Balaban J connectivity index is 2.12. The minimum Gasteiger partial charge on any atom is -0.407 e. The fourth-order valence-corrected chi connectivity index (χ4v) is 12.3. The first-order chi connectivity index (χ1) is 16.7. The van der Waals surface area contributed by atoms with E-state index in [2.05, 4.69) is 109 Å². The molecule has 3 N–H and O–H groups in total. The summed E-state index contributed by atoms with van der Waals surface area (Å²) in [4.78, 5) is 3.49. The van der Waals surface area contributed by atoms with Gasteiger partial charge in [0, 0.05) is 11.2 Å². The Bertz CT molecular complexity index is 1070. The molecular formula is C29H47NO4Si2. The number of aliphatic hydroxyl groups is 2. The van der Waals surface area contributed by atoms with Gasteiger partial charge in [-0.3, -0.25) is 0 Å². The van der Waals surface area contributed by atoms with E-state index < -0.39 is 46.7 Å². The van der Waals surface area contributed by atoms with Gasteiger partial charge in [-0.25, -0.2) is 0 Å². The van der Waals surface area contributed by atoms with E-state index in [1.807, 2.05) is 0 Å². The van der Waals surface area contributed by atoms with Crippen molar-refractivity contribution in [1.82, 2.24) is 4.98 Å². The Kier molecular flexibility index (Phi) is 9.02. The fraction of sp³-hybridized carbons (Fsp3) is 0.655. The Morgan fingerprint density at radius 3 is 2.17 bits per heavy atom. The summed E-state index contributed by atoms with van der Waals surface area (Å²) in [6.07, 6.45) is -2.62. The van der Waals surface area contributed by atoms with Crippen molar-refractivity contribution in [2.75, 3.05) is 6.61 Å². The topological polar surface area (TPSA) is 74.7 Å². The van der Waals surface area contributed by atoms with Crippen molar-refractivity contribution in [2.45, 2.75) is 115 Å². The number of H-pyrrole nitrogens is 1. The Hall–Kier alpha value is -1.41. The van der Waals surface area contributed by atoms with E-state index in [9.17, 15) is 10.2 Å². The van der Waals surface area contributed by atoms with Gasteiger partial charge in [-0.05, 0) is 47.1 Å². The molecule has 0 saturated carbocycles. The number of aromatic nitrogens is 1. The number of aliphatic hydroxyl groups excluding tert-OH is 2. The van der Waals surface area contributed by atoms with Crippen LogP contribution in [-0.4, -0.2) is 62.6 Å². The highest BCUT2D eigenvalue weighted by atomic mass is 28.4. The van der Waals surface area contributed by atoms with Crippen molar-refractivity contribution in [3.63, 3.8) is 0 Å². The van der Waals surface area contributed by atoms with Crippen LogP contribution in [0.3, 0.4) is 0 Å². The van der Waals surface area contributed by atoms with Crippen molar-refractivity contribution in [3.05, 3.63) is 35.5 Å². The van der Waals surface area contributed by atoms with E-state index in [1.165, 1.54) is 5.56 Å². The van der Waals surface area contributed by atoms with Crippen molar-refractivity contribution in [3.8, 4) is 11.5 Å². The van der Waals surface area contributed by atoms with Gasteiger partial charge in [0.1, 0.15) is 20.3 Å². The molecule has 7 heteroatoms. The Morgan fingerprint density at radius 2 is 1.64 bits per heavy atom. The van der Waals surface area contributed by atoms with Crippen LogP contribution in [0.4, 0.5) is 0 Å². The Labute approximate surface area is 220 Å². The molecule has 5 nitrogen and oxygen atoms in total. The van der Waals surface area contributed by atoms with E-state index in [-0.39, 0.29) is 6.61 Å². The summed E-state index contributed by atoms with van der Waals surface area (Å²) >= 11 is 0. The first-order valence-electron chi connectivity index (χ1n) is 13.5. The van der Waals surface area contributed by atoms with Crippen LogP contribution in [0.15, 0.2) is 24.3 Å². The fourth-order valence-electron chi connectivity index (χ4n) is 6.13. The van der Waals surface area contributed by atoms with E-state index in [0.717, 1.165) is 16.6 Å². The van der Waals surface area contributed by atoms with Crippen LogP contribution in [0.2, 0.25) is 36.3 Å². The zero-order chi connectivity index (χ0) is 27.0. The predicted octanol–water partition coefficient (Wildman–Crippen LogP) is 6.12. The van der Waals surface area contributed by atoms with Gasteiger partial charge in [0.2, 0.25) is 8.32 Å². The SMILES string of the molecule is Cc1ccc2[nH]c([C@H]3[C@H](O)[C@@H](O[Si](C(C)C)(C(C)C)C(C)C)[C@H](C#C[Si](C)(C)C)O[C@@H]3CO)cc2c1. The normalized spacial score (nSPS) is 25.6. The minimum absolute atomic E-state index is 0.199. The molecule has 2 aromatic rings. The van der Waals surface area contributed by atoms with Gasteiger partial charge in [0.05, 0.1) is 24.7 Å². The lowest BCUT2D eigenvalue weighted by Gasteiger charge is -2.50. The number of ether oxygens (including phenoxy) is 1. The molecule has 2 heterocycles. The standard InChI is InChI=1S/C29H47NO4Si2/c1-18(2)36(19(3)4,20(5)6)34-29-25(13-14-35(8,9)10)33-26(17-31)27(28(29)32)24-16-22-15-21(7)11-12-23(22)30-24/h11-12,15-16,18-20,25-32H,17H2,1-10H3/t25-,26+,27+,28-,29-/m0/s1. The molecule has 3 rings (SSSR count). The molecule has 0 amide bonds. The van der Waals surface area contributed by atoms with E-state index >= 15 is 0 Å². The number of nitrogens with one attached hydrogen (secondary N) is 1. The molecule has 1 fully saturated rings. The molecule has 1 aromatic heterocycles. The highest BCUT2D eigenvalue weighted by Gasteiger charge is 2.53. The number of aryl methyl sites for hydroxylation is 1. The number of fused-ring (bicyclic) bond motifs is 1. The summed E-state index contributed by atoms with van der Waals surface area (Å²) in [6.45, 7) is 22.0. The number of aromatic amines is 1. The van der Waals surface area contributed by atoms with Crippen LogP contribution >= 0.6 is 0 Å². The average molecular weight is 530 g/mol. The van der Waals surface area contributed by atoms with Gasteiger partial charge >= 0.3 is 0 Å². The van der Waals surface area contributed by atoms with Crippen LogP contribution in [0.25, 0.3) is 10.9 Å². The largest absolute Gasteiger partial charge is 0.407 e. The quantitative estimate of drug-likeness (QED) is 0.298. The first kappa shape index (κ1) is 29.2. The molecule has 200 valence electrons. The molecule has 0 radical (unpaired) electrons. The van der Waals surface area contributed by atoms with Crippen molar-refractivity contribution in [1.29, 1.82) is 0 Å². The lowest BCUT2D eigenvalue weighted by Crippen LogP contribution is -2.61. The summed E-state index contributed by atoms with van der Waals surface area (Å²) in [5, 5.41) is 23.5. The maximum Gasteiger partial charge on any atom is 0.201 e. The molecule has 1 aromatic carbocycles. The summed E-state index contributed by atoms with van der Waals surface area (Å²) in [7, 11) is -4.04. The molecule has 5 atom stereocenters. The third kappa shape index (κ3) is 5.85. The van der Waals surface area contributed by atoms with Gasteiger partial charge < -0.3 is 24.4 Å². The molecule has 1 saturated heterocycles. The molecule has 0 spiro atoms. The molecular weight excluding hydrogens is 482 g/mol.